The molecule has 15 heavy (non-hydrogen) atoms. The summed E-state index contributed by atoms with van der Waals surface area (Å²) in [5.74, 6) is 0.962. The van der Waals surface area contributed by atoms with E-state index >= 15 is 0 Å². The van der Waals surface area contributed by atoms with Gasteiger partial charge in [0, 0.05) is 12.7 Å². The van der Waals surface area contributed by atoms with Crippen LogP contribution in [-0.4, -0.2) is 24.7 Å². The number of anilines is 1. The lowest BCUT2D eigenvalue weighted by molar-refractivity contribution is 0.150. The number of aromatic nitrogens is 1. The van der Waals surface area contributed by atoms with E-state index in [0.29, 0.717) is 0 Å². The molecule has 0 bridgehead atoms. The van der Waals surface area contributed by atoms with E-state index in [2.05, 4.69) is 29.4 Å². The molecule has 3 heteroatoms. The van der Waals surface area contributed by atoms with Gasteiger partial charge in [-0.05, 0) is 30.5 Å². The molecule has 1 N–H and O–H groups in total. The van der Waals surface area contributed by atoms with Gasteiger partial charge in [-0.3, -0.25) is 0 Å². The van der Waals surface area contributed by atoms with Crippen LogP contribution in [0.4, 0.5) is 5.82 Å². The third-order valence-corrected chi connectivity index (χ3v) is 2.48. The van der Waals surface area contributed by atoms with Crippen molar-refractivity contribution < 1.29 is 4.74 Å². The first-order valence-electron chi connectivity index (χ1n) is 5.27. The molecule has 1 aromatic heterocycles. The normalized spacial score (nSPS) is 15.9. The van der Waals surface area contributed by atoms with Crippen LogP contribution in [0.2, 0.25) is 0 Å². The molecule has 80 valence electrons. The summed E-state index contributed by atoms with van der Waals surface area (Å²) in [5, 5.41) is 3.32. The summed E-state index contributed by atoms with van der Waals surface area (Å²) >= 11 is 0. The largest absolute Gasteiger partial charge is 0.377 e. The Morgan fingerprint density at radius 1 is 1.53 bits per heavy atom. The van der Waals surface area contributed by atoms with Crippen molar-refractivity contribution in [1.29, 1.82) is 0 Å². The second kappa shape index (κ2) is 4.94. The molecule has 0 radical (unpaired) electrons. The number of rotatable bonds is 3. The summed E-state index contributed by atoms with van der Waals surface area (Å²) in [4.78, 5) is 4.28. The predicted molar refractivity (Wildman–Crippen MR) is 61.0 cm³/mol. The van der Waals surface area contributed by atoms with Crippen LogP contribution in [0.1, 0.15) is 12.0 Å². The topological polar surface area (TPSA) is 34.2 Å². The zero-order valence-electron chi connectivity index (χ0n) is 8.99. The number of hydrogen-bond donors (Lipinski definition) is 1. The highest BCUT2D eigenvalue weighted by Crippen LogP contribution is 2.11. The zero-order valence-corrected chi connectivity index (χ0v) is 8.99. The maximum atomic E-state index is 5.37. The SMILES string of the molecule is Cc1cccnc1NCC1=CCCOC1. The van der Waals surface area contributed by atoms with Gasteiger partial charge >= 0.3 is 0 Å². The van der Waals surface area contributed by atoms with E-state index < -0.39 is 0 Å². The van der Waals surface area contributed by atoms with E-state index in [0.717, 1.165) is 32.0 Å². The minimum atomic E-state index is 0.749. The van der Waals surface area contributed by atoms with Gasteiger partial charge in [-0.25, -0.2) is 4.98 Å². The Kier molecular flexibility index (Phi) is 3.35. The molecule has 0 spiro atoms. The zero-order chi connectivity index (χ0) is 10.5. The molecule has 0 aliphatic carbocycles. The van der Waals surface area contributed by atoms with E-state index in [1.807, 2.05) is 6.07 Å². The van der Waals surface area contributed by atoms with E-state index in [1.165, 1.54) is 11.1 Å². The van der Waals surface area contributed by atoms with Crippen molar-refractivity contribution >= 4 is 5.82 Å². The minimum Gasteiger partial charge on any atom is -0.377 e. The Morgan fingerprint density at radius 3 is 3.20 bits per heavy atom. The molecule has 0 aromatic carbocycles. The van der Waals surface area contributed by atoms with Gasteiger partial charge in [0.2, 0.25) is 0 Å². The third-order valence-electron chi connectivity index (χ3n) is 2.48. The van der Waals surface area contributed by atoms with Crippen molar-refractivity contribution in [3.05, 3.63) is 35.5 Å². The molecule has 1 aliphatic rings. The van der Waals surface area contributed by atoms with Gasteiger partial charge in [-0.15, -0.1) is 0 Å². The molecule has 1 aromatic rings. The fourth-order valence-electron chi connectivity index (χ4n) is 1.60. The average molecular weight is 204 g/mol. The van der Waals surface area contributed by atoms with Gasteiger partial charge < -0.3 is 10.1 Å². The smallest absolute Gasteiger partial charge is 0.129 e. The lowest BCUT2D eigenvalue weighted by atomic mass is 10.2. The average Bonchev–Trinajstić information content (AvgIpc) is 2.29. The maximum Gasteiger partial charge on any atom is 0.129 e. The quantitative estimate of drug-likeness (QED) is 0.766. The van der Waals surface area contributed by atoms with Crippen molar-refractivity contribution in [1.82, 2.24) is 4.98 Å². The monoisotopic (exact) mass is 204 g/mol. The molecule has 0 fully saturated rings. The highest BCUT2D eigenvalue weighted by Gasteiger charge is 2.04. The third kappa shape index (κ3) is 2.80. The summed E-state index contributed by atoms with van der Waals surface area (Å²) in [6.45, 7) is 4.49. The van der Waals surface area contributed by atoms with Crippen molar-refractivity contribution in [2.24, 2.45) is 0 Å². The predicted octanol–water partition coefficient (Wildman–Crippen LogP) is 2.15. The molecular weight excluding hydrogens is 188 g/mol. The Morgan fingerprint density at radius 2 is 2.47 bits per heavy atom. The van der Waals surface area contributed by atoms with E-state index in [4.69, 9.17) is 4.74 Å². The molecule has 0 atom stereocenters. The van der Waals surface area contributed by atoms with Crippen LogP contribution in [0, 0.1) is 6.92 Å². The van der Waals surface area contributed by atoms with Gasteiger partial charge in [0.25, 0.3) is 0 Å². The Hall–Kier alpha value is -1.35. The molecule has 0 saturated carbocycles. The molecule has 1 aliphatic heterocycles. The van der Waals surface area contributed by atoms with Crippen LogP contribution in [0.5, 0.6) is 0 Å². The Balaban J connectivity index is 1.93. The number of hydrogen-bond acceptors (Lipinski definition) is 3. The van der Waals surface area contributed by atoms with Crippen LogP contribution in [0.25, 0.3) is 0 Å². The summed E-state index contributed by atoms with van der Waals surface area (Å²) in [5.41, 5.74) is 2.49. The summed E-state index contributed by atoms with van der Waals surface area (Å²) in [6, 6.07) is 4.00. The fraction of sp³-hybridized carbons (Fsp3) is 0.417. The minimum absolute atomic E-state index is 0.749. The van der Waals surface area contributed by atoms with Crippen molar-refractivity contribution in [2.75, 3.05) is 25.1 Å². The van der Waals surface area contributed by atoms with Crippen LogP contribution in [0.15, 0.2) is 30.0 Å². The Bertz CT molecular complexity index is 360. The fourth-order valence-corrected chi connectivity index (χ4v) is 1.60. The summed E-state index contributed by atoms with van der Waals surface area (Å²) in [6.07, 6.45) is 5.08. The highest BCUT2D eigenvalue weighted by atomic mass is 16.5. The van der Waals surface area contributed by atoms with E-state index in [9.17, 15) is 0 Å². The van der Waals surface area contributed by atoms with Crippen LogP contribution in [0.3, 0.4) is 0 Å². The van der Waals surface area contributed by atoms with Crippen LogP contribution in [-0.2, 0) is 4.74 Å². The maximum absolute atomic E-state index is 5.37. The van der Waals surface area contributed by atoms with Crippen molar-refractivity contribution in [3.63, 3.8) is 0 Å². The first-order valence-corrected chi connectivity index (χ1v) is 5.27. The summed E-state index contributed by atoms with van der Waals surface area (Å²) in [7, 11) is 0. The standard InChI is InChI=1S/C12H16N2O/c1-10-4-2-6-13-12(10)14-8-11-5-3-7-15-9-11/h2,4-6H,3,7-9H2,1H3,(H,13,14). The van der Waals surface area contributed by atoms with Gasteiger partial charge in [0.15, 0.2) is 0 Å². The first kappa shape index (κ1) is 10.2. The number of nitrogens with zero attached hydrogens (tertiary/aromatic N) is 1. The molecule has 2 rings (SSSR count). The van der Waals surface area contributed by atoms with E-state index in [1.54, 1.807) is 6.20 Å². The van der Waals surface area contributed by atoms with Crippen LogP contribution < -0.4 is 5.32 Å². The number of ether oxygens (including phenoxy) is 1. The number of aryl methyl sites for hydroxylation is 1. The van der Waals surface area contributed by atoms with Gasteiger partial charge in [0.05, 0.1) is 13.2 Å². The Labute approximate surface area is 90.2 Å². The number of pyridine rings is 1. The molecule has 3 nitrogen and oxygen atoms in total. The van der Waals surface area contributed by atoms with Crippen molar-refractivity contribution in [3.8, 4) is 0 Å². The van der Waals surface area contributed by atoms with Crippen molar-refractivity contribution in [2.45, 2.75) is 13.3 Å². The number of nitrogens with one attached hydrogen (secondary N) is 1. The molecule has 2 heterocycles. The lowest BCUT2D eigenvalue weighted by Gasteiger charge is -2.15. The van der Waals surface area contributed by atoms with E-state index in [-0.39, 0.29) is 0 Å². The van der Waals surface area contributed by atoms with Gasteiger partial charge in [-0.1, -0.05) is 12.1 Å². The second-order valence-corrected chi connectivity index (χ2v) is 3.73. The molecule has 0 saturated heterocycles. The summed E-state index contributed by atoms with van der Waals surface area (Å²) < 4.78 is 5.37. The second-order valence-electron chi connectivity index (χ2n) is 3.73. The first-order chi connectivity index (χ1) is 7.36. The molecule has 0 amide bonds. The lowest BCUT2D eigenvalue weighted by Crippen LogP contribution is -2.14. The van der Waals surface area contributed by atoms with Gasteiger partial charge in [0.1, 0.15) is 5.82 Å². The molecule has 0 unspecified atom stereocenters. The highest BCUT2D eigenvalue weighted by molar-refractivity contribution is 5.43. The molecular formula is C12H16N2O. The van der Waals surface area contributed by atoms with Crippen LogP contribution >= 0.6 is 0 Å². The van der Waals surface area contributed by atoms with Gasteiger partial charge in [-0.2, -0.15) is 0 Å².